The van der Waals surface area contributed by atoms with Crippen LogP contribution in [0, 0.1) is 6.92 Å². The second kappa shape index (κ2) is 8.94. The molecule has 0 radical (unpaired) electrons. The number of halogens is 2. The number of aromatic nitrogens is 4. The van der Waals surface area contributed by atoms with Crippen molar-refractivity contribution in [3.05, 3.63) is 65.7 Å². The zero-order valence-electron chi connectivity index (χ0n) is 20.4. The molecule has 0 aliphatic heterocycles. The fourth-order valence-corrected chi connectivity index (χ4v) is 4.65. The minimum absolute atomic E-state index is 0.0394. The average molecular weight is 498 g/mol. The van der Waals surface area contributed by atoms with Gasteiger partial charge in [0.25, 0.3) is 0 Å². The first-order valence-corrected chi connectivity index (χ1v) is 11.9. The van der Waals surface area contributed by atoms with Crippen molar-refractivity contribution in [1.82, 2.24) is 19.4 Å². The standard InChI is InChI=1S/C26H29F2N5O3/c1-15-10-17(6-9-29-15)24-32-21(14-36-24)23(34)31-20-13-33-12-19(16-4-7-26(27,28)8-5-16)30-22(33)11-18(20)25(2,3)35/h6,9-14,16,23,31,34-35H,4-5,7-8H2,1-3H3. The van der Waals surface area contributed by atoms with E-state index in [0.717, 1.165) is 17.0 Å². The maximum absolute atomic E-state index is 13.6. The van der Waals surface area contributed by atoms with Crippen LogP contribution in [0.15, 0.2) is 47.5 Å². The lowest BCUT2D eigenvalue weighted by Crippen LogP contribution is -2.23. The van der Waals surface area contributed by atoms with Crippen molar-refractivity contribution >= 4 is 11.3 Å². The second-order valence-corrected chi connectivity index (χ2v) is 10.0. The summed E-state index contributed by atoms with van der Waals surface area (Å²) in [6.07, 6.45) is 5.85. The zero-order valence-corrected chi connectivity index (χ0v) is 20.4. The Morgan fingerprint density at radius 3 is 2.64 bits per heavy atom. The average Bonchev–Trinajstić information content (AvgIpc) is 3.45. The molecule has 8 nitrogen and oxygen atoms in total. The van der Waals surface area contributed by atoms with Gasteiger partial charge in [0.2, 0.25) is 11.8 Å². The van der Waals surface area contributed by atoms with Crippen LogP contribution >= 0.6 is 0 Å². The van der Waals surface area contributed by atoms with E-state index in [2.05, 4.69) is 20.3 Å². The van der Waals surface area contributed by atoms with Crippen LogP contribution in [0.5, 0.6) is 0 Å². The molecule has 10 heteroatoms. The molecule has 0 bridgehead atoms. The van der Waals surface area contributed by atoms with Crippen LogP contribution in [0.25, 0.3) is 17.1 Å². The molecule has 190 valence electrons. The van der Waals surface area contributed by atoms with E-state index in [9.17, 15) is 19.0 Å². The molecule has 1 aliphatic carbocycles. The number of anilines is 1. The summed E-state index contributed by atoms with van der Waals surface area (Å²) in [6, 6.07) is 5.34. The van der Waals surface area contributed by atoms with Gasteiger partial charge >= 0.3 is 0 Å². The lowest BCUT2D eigenvalue weighted by atomic mass is 9.85. The summed E-state index contributed by atoms with van der Waals surface area (Å²) in [5.41, 5.74) is 2.93. The van der Waals surface area contributed by atoms with Gasteiger partial charge in [0.05, 0.1) is 17.0 Å². The topological polar surface area (TPSA) is 109 Å². The number of aryl methyl sites for hydroxylation is 1. The van der Waals surface area contributed by atoms with Crippen LogP contribution < -0.4 is 5.32 Å². The van der Waals surface area contributed by atoms with Gasteiger partial charge in [-0.1, -0.05) is 0 Å². The monoisotopic (exact) mass is 497 g/mol. The van der Waals surface area contributed by atoms with Gasteiger partial charge in [-0.3, -0.25) is 4.98 Å². The van der Waals surface area contributed by atoms with Crippen LogP contribution in [-0.2, 0) is 5.60 Å². The van der Waals surface area contributed by atoms with E-state index in [1.807, 2.05) is 19.2 Å². The maximum atomic E-state index is 13.6. The fraction of sp³-hybridized carbons (Fsp3) is 0.423. The summed E-state index contributed by atoms with van der Waals surface area (Å²) < 4.78 is 34.6. The van der Waals surface area contributed by atoms with Gasteiger partial charge in [-0.05, 0) is 51.8 Å². The van der Waals surface area contributed by atoms with Crippen LogP contribution in [0.2, 0.25) is 0 Å². The van der Waals surface area contributed by atoms with Crippen molar-refractivity contribution in [2.24, 2.45) is 0 Å². The van der Waals surface area contributed by atoms with Crippen molar-refractivity contribution in [1.29, 1.82) is 0 Å². The molecule has 4 aromatic rings. The number of rotatable bonds is 6. The summed E-state index contributed by atoms with van der Waals surface area (Å²) in [4.78, 5) is 13.2. The minimum Gasteiger partial charge on any atom is -0.444 e. The Morgan fingerprint density at radius 1 is 1.19 bits per heavy atom. The molecule has 1 atom stereocenters. The molecule has 0 amide bonds. The Balaban J connectivity index is 1.43. The number of oxazole rings is 1. The summed E-state index contributed by atoms with van der Waals surface area (Å²) in [6.45, 7) is 5.15. The number of aliphatic hydroxyl groups is 2. The molecule has 4 heterocycles. The Labute approximate surface area is 207 Å². The molecule has 5 rings (SSSR count). The maximum Gasteiger partial charge on any atom is 0.248 e. The molecule has 1 aliphatic rings. The molecule has 1 fully saturated rings. The van der Waals surface area contributed by atoms with Crippen LogP contribution in [0.1, 0.15) is 74.3 Å². The second-order valence-electron chi connectivity index (χ2n) is 10.0. The molecule has 4 aromatic heterocycles. The molecule has 0 aromatic carbocycles. The van der Waals surface area contributed by atoms with E-state index >= 15 is 0 Å². The SMILES string of the molecule is Cc1cc(-c2nc(C(O)Nc3cn4cc(C5CCC(F)(F)CC5)nc4cc3C(C)(C)O)co2)ccn1. The third kappa shape index (κ3) is 4.96. The molecule has 3 N–H and O–H groups in total. The summed E-state index contributed by atoms with van der Waals surface area (Å²) in [5, 5.41) is 24.7. The Kier molecular flexibility index (Phi) is 6.04. The first kappa shape index (κ1) is 24.3. The number of aliphatic hydroxyl groups excluding tert-OH is 1. The fourth-order valence-electron chi connectivity index (χ4n) is 4.65. The smallest absolute Gasteiger partial charge is 0.248 e. The van der Waals surface area contributed by atoms with E-state index in [-0.39, 0.29) is 24.5 Å². The highest BCUT2D eigenvalue weighted by Crippen LogP contribution is 2.41. The largest absolute Gasteiger partial charge is 0.444 e. The van der Waals surface area contributed by atoms with Crippen molar-refractivity contribution < 1.29 is 23.4 Å². The quantitative estimate of drug-likeness (QED) is 0.310. The number of nitrogens with one attached hydrogen (secondary N) is 1. The summed E-state index contributed by atoms with van der Waals surface area (Å²) >= 11 is 0. The van der Waals surface area contributed by atoms with Gasteiger partial charge in [0.15, 0.2) is 6.23 Å². The number of alkyl halides is 2. The van der Waals surface area contributed by atoms with Crippen molar-refractivity contribution in [2.45, 2.75) is 70.1 Å². The number of hydrogen-bond acceptors (Lipinski definition) is 7. The van der Waals surface area contributed by atoms with E-state index in [0.29, 0.717) is 35.6 Å². The first-order valence-electron chi connectivity index (χ1n) is 11.9. The lowest BCUT2D eigenvalue weighted by molar-refractivity contribution is -0.0384. The lowest BCUT2D eigenvalue weighted by Gasteiger charge is -2.26. The third-order valence-corrected chi connectivity index (χ3v) is 6.64. The predicted octanol–water partition coefficient (Wildman–Crippen LogP) is 5.32. The molecule has 0 saturated heterocycles. The Hall–Kier alpha value is -3.37. The molecule has 0 spiro atoms. The Morgan fingerprint density at radius 2 is 1.94 bits per heavy atom. The number of nitrogens with zero attached hydrogens (tertiary/aromatic N) is 4. The van der Waals surface area contributed by atoms with Gasteiger partial charge in [0.1, 0.15) is 17.6 Å². The molecule has 36 heavy (non-hydrogen) atoms. The minimum atomic E-state index is -2.60. The molecular weight excluding hydrogens is 468 g/mol. The van der Waals surface area contributed by atoms with Gasteiger partial charge in [-0.2, -0.15) is 0 Å². The Bertz CT molecular complexity index is 1380. The highest BCUT2D eigenvalue weighted by molar-refractivity contribution is 5.60. The molecule has 1 saturated carbocycles. The summed E-state index contributed by atoms with van der Waals surface area (Å²) in [7, 11) is 0. The van der Waals surface area contributed by atoms with E-state index in [4.69, 9.17) is 4.42 Å². The number of pyridine rings is 2. The first-order chi connectivity index (χ1) is 17.0. The van der Waals surface area contributed by atoms with E-state index in [1.54, 1.807) is 42.8 Å². The predicted molar refractivity (Wildman–Crippen MR) is 130 cm³/mol. The van der Waals surface area contributed by atoms with Gasteiger partial charge in [0, 0.05) is 54.2 Å². The van der Waals surface area contributed by atoms with Crippen molar-refractivity contribution in [3.8, 4) is 11.5 Å². The summed E-state index contributed by atoms with van der Waals surface area (Å²) in [5.74, 6) is -2.29. The van der Waals surface area contributed by atoms with Gasteiger partial charge < -0.3 is 24.3 Å². The zero-order chi connectivity index (χ0) is 25.7. The van der Waals surface area contributed by atoms with E-state index in [1.165, 1.54) is 6.26 Å². The number of hydrogen-bond donors (Lipinski definition) is 3. The van der Waals surface area contributed by atoms with Gasteiger partial charge in [-0.25, -0.2) is 18.7 Å². The molecular formula is C26H29F2N5O3. The third-order valence-electron chi connectivity index (χ3n) is 6.64. The van der Waals surface area contributed by atoms with E-state index < -0.39 is 17.8 Å². The number of imidazole rings is 1. The van der Waals surface area contributed by atoms with Crippen LogP contribution in [0.4, 0.5) is 14.5 Å². The van der Waals surface area contributed by atoms with Crippen molar-refractivity contribution in [3.63, 3.8) is 0 Å². The normalized spacial score (nSPS) is 17.4. The van der Waals surface area contributed by atoms with Crippen LogP contribution in [0.3, 0.4) is 0 Å². The molecule has 1 unspecified atom stereocenters. The highest BCUT2D eigenvalue weighted by atomic mass is 19.3. The highest BCUT2D eigenvalue weighted by Gasteiger charge is 2.36. The van der Waals surface area contributed by atoms with Crippen molar-refractivity contribution in [2.75, 3.05) is 5.32 Å². The number of fused-ring (bicyclic) bond motifs is 1. The van der Waals surface area contributed by atoms with Gasteiger partial charge in [-0.15, -0.1) is 0 Å². The van der Waals surface area contributed by atoms with Crippen LogP contribution in [-0.4, -0.2) is 35.5 Å².